The van der Waals surface area contributed by atoms with Crippen molar-refractivity contribution >= 4 is 39.5 Å². The molecule has 778 valence electrons. The molecule has 0 aliphatic heterocycles. The molecule has 0 heterocycles. The molecule has 0 saturated heterocycles. The van der Waals surface area contributed by atoms with Crippen molar-refractivity contribution in [3.8, 4) is 0 Å². The maximum atomic E-state index is 14.3. The first kappa shape index (κ1) is 129. The van der Waals surface area contributed by atoms with Gasteiger partial charge < -0.3 is 5.48 Å². The average Bonchev–Trinajstić information content (AvgIpc) is 0.735. The largest absolute Gasteiger partial charge is 0.412 e. The molecule has 0 rings (SSSR count). The van der Waals surface area contributed by atoms with Gasteiger partial charge in [0.15, 0.2) is 0 Å². The zero-order valence-corrected chi connectivity index (χ0v) is 63.2. The first-order valence-corrected chi connectivity index (χ1v) is 41.6. The SMILES string of the molecule is FC(F)(F)C(F)(F)C(F)(F)C(F)(F)C(F)(F)C(F)(F)C[CH2][Sn]([CH2]CC(F)(F)C(F)(F)C(F)(F)C(F)(F)C(F)(F)C(F)(F)F)[CH2]CC(F)(F)C(F)(F)C(F)(F)C(F)(F)C(F)(F)C(F)(F)F.FC(F)(F)C(F)(F)C(F)(F)C(F)(F)C(F)(F)C(F)(F)C[CH2][Sn]([CH2]CC(F)(F)C(F)(F)C(F)(F)C(F)(F)C(F)(F)C(F)(F)F)[CH2]CC(F)(F)C(F)(F)C(F)(F)C(F)(F)C(F)(F)C(F)(F)F.O. The Balaban J connectivity index is -0.00000244. The third kappa shape index (κ3) is 20.3. The molecule has 2 N–H and O–H groups in total. The van der Waals surface area contributed by atoms with Crippen molar-refractivity contribution < 1.29 is 348 Å². The first-order chi connectivity index (χ1) is 54.1. The van der Waals surface area contributed by atoms with Gasteiger partial charge in [0.2, 0.25) is 0 Å². The van der Waals surface area contributed by atoms with Crippen molar-refractivity contribution in [1.29, 1.82) is 0 Å². The Hall–Kier alpha value is -3.90. The minimum Gasteiger partial charge on any atom is -0.412 e. The second kappa shape index (κ2) is 35.5. The van der Waals surface area contributed by atoms with Crippen molar-refractivity contribution in [2.24, 2.45) is 0 Å². The van der Waals surface area contributed by atoms with Crippen molar-refractivity contribution in [2.75, 3.05) is 0 Å². The van der Waals surface area contributed by atoms with Gasteiger partial charge in [0.1, 0.15) is 0 Å². The van der Waals surface area contributed by atoms with Crippen LogP contribution in [0.2, 0.25) is 26.6 Å². The maximum Gasteiger partial charge on any atom is -0.412 e. The van der Waals surface area contributed by atoms with Crippen LogP contribution >= 0.6 is 0 Å². The van der Waals surface area contributed by atoms with Crippen LogP contribution in [-0.4, -0.2) is 260 Å². The molecule has 0 atom stereocenters. The zero-order chi connectivity index (χ0) is 106. The molecule has 129 heavy (non-hydrogen) atoms. The zero-order valence-electron chi connectivity index (χ0n) is 57.5. The quantitative estimate of drug-likeness (QED) is 0.0431. The molecule has 0 aromatic heterocycles. The van der Waals surface area contributed by atoms with Crippen LogP contribution in [0.15, 0.2) is 0 Å². The van der Waals surface area contributed by atoms with Crippen LogP contribution in [0, 0.1) is 0 Å². The van der Waals surface area contributed by atoms with E-state index >= 15 is 0 Å². The number of hydrogen-bond donors (Lipinski definition) is 0. The van der Waals surface area contributed by atoms with Gasteiger partial charge in [0.25, 0.3) is 0 Å². The van der Waals surface area contributed by atoms with E-state index in [1.54, 1.807) is 0 Å². The Kier molecular flexibility index (Phi) is 35.6. The number of rotatable bonds is 42. The van der Waals surface area contributed by atoms with Crippen LogP contribution in [0.1, 0.15) is 38.5 Å². The van der Waals surface area contributed by atoms with Gasteiger partial charge >= 0.3 is 662 Å². The molecule has 0 aromatic carbocycles. The summed E-state index contributed by atoms with van der Waals surface area (Å²) >= 11 is -13.5. The van der Waals surface area contributed by atoms with Crippen molar-refractivity contribution in [1.82, 2.24) is 0 Å². The average molecular weight is 2340 g/mol. The summed E-state index contributed by atoms with van der Waals surface area (Å²) in [7, 11) is 0. The van der Waals surface area contributed by atoms with Crippen LogP contribution in [0.5, 0.6) is 0 Å². The summed E-state index contributed by atoms with van der Waals surface area (Å²) in [5.74, 6) is -253. The number of hydrogen-bond acceptors (Lipinski definition) is 0. The van der Waals surface area contributed by atoms with Crippen LogP contribution in [0.3, 0.4) is 0 Å². The molecular formula is C48H26F78OSn2. The number of alkyl halides is 78. The Bertz CT molecular complexity index is 3050. The van der Waals surface area contributed by atoms with Gasteiger partial charge in [-0.2, -0.15) is 0 Å². The van der Waals surface area contributed by atoms with Gasteiger partial charge in [-0.25, -0.2) is 0 Å². The second-order valence-corrected chi connectivity index (χ2v) is 42.6. The maximum absolute atomic E-state index is 14.3. The van der Waals surface area contributed by atoms with Gasteiger partial charge in [-0.3, -0.25) is 0 Å². The van der Waals surface area contributed by atoms with E-state index < -0.39 is 319 Å². The monoisotopic (exact) mass is 2340 g/mol. The van der Waals surface area contributed by atoms with Crippen LogP contribution in [-0.2, 0) is 0 Å². The topological polar surface area (TPSA) is 31.5 Å². The van der Waals surface area contributed by atoms with E-state index in [4.69, 9.17) is 0 Å². The second-order valence-electron chi connectivity index (χ2n) is 25.5. The van der Waals surface area contributed by atoms with Crippen molar-refractivity contribution in [3.05, 3.63) is 0 Å². The third-order valence-corrected chi connectivity index (χ3v) is 33.1. The third-order valence-electron chi connectivity index (χ3n) is 16.7. The van der Waals surface area contributed by atoms with Crippen molar-refractivity contribution in [3.63, 3.8) is 0 Å². The molecule has 81 heteroatoms. The summed E-state index contributed by atoms with van der Waals surface area (Å²) in [4.78, 5) is 0. The van der Waals surface area contributed by atoms with E-state index in [1.807, 2.05) is 0 Å². The summed E-state index contributed by atoms with van der Waals surface area (Å²) in [5, 5.41) is 0. The van der Waals surface area contributed by atoms with Gasteiger partial charge in [-0.15, -0.1) is 0 Å². The standard InChI is InChI=1S/6C8H4F13.H2O.2Sn/c6*1-2-3(9,10)4(11,12)5(13,14)6(15,16)7(17,18)8(19,20)21;;;/h6*1-2H2;1H2;;. The van der Waals surface area contributed by atoms with Gasteiger partial charge in [-0.05, 0) is 0 Å². The molecular weight excluding hydrogens is 2310 g/mol. The fourth-order valence-corrected chi connectivity index (χ4v) is 24.2. The molecule has 2 radical (unpaired) electrons. The first-order valence-electron chi connectivity index (χ1n) is 29.5. The van der Waals surface area contributed by atoms with E-state index in [1.165, 1.54) is 0 Å². The Labute approximate surface area is 666 Å². The summed E-state index contributed by atoms with van der Waals surface area (Å²) in [6.45, 7) is 0. The van der Waals surface area contributed by atoms with E-state index in [0.717, 1.165) is 0 Å². The van der Waals surface area contributed by atoms with E-state index in [0.29, 0.717) is 0 Å². The minimum atomic E-state index is -8.80. The smallest absolute Gasteiger partial charge is 0.412 e. The van der Waals surface area contributed by atoms with Gasteiger partial charge in [0, 0.05) is 0 Å². The molecule has 0 fully saturated rings. The predicted octanol–water partition coefficient (Wildman–Crippen LogP) is 28.9. The van der Waals surface area contributed by atoms with E-state index in [9.17, 15) is 342 Å². The van der Waals surface area contributed by atoms with Gasteiger partial charge in [0.05, 0.1) is 0 Å². The van der Waals surface area contributed by atoms with E-state index in [2.05, 4.69) is 0 Å². The molecule has 0 spiro atoms. The van der Waals surface area contributed by atoms with Crippen LogP contribution < -0.4 is 0 Å². The number of halogens is 78. The molecule has 0 aliphatic carbocycles. The van der Waals surface area contributed by atoms with Crippen molar-refractivity contribution in [2.45, 2.75) is 280 Å². The molecule has 0 amide bonds. The molecule has 0 aromatic rings. The normalized spacial score (nSPS) is 16.7. The summed E-state index contributed by atoms with van der Waals surface area (Å²) in [5.41, 5.74) is 0. The molecule has 0 bridgehead atoms. The Morgan fingerprint density at radius 3 is 0.217 bits per heavy atom. The molecule has 0 saturated carbocycles. The Morgan fingerprint density at radius 1 is 0.0930 bits per heavy atom. The molecule has 1 nitrogen and oxygen atoms in total. The minimum absolute atomic E-state index is 0. The fraction of sp³-hybridized carbons (Fsp3) is 1.00. The van der Waals surface area contributed by atoms with Crippen LogP contribution in [0.4, 0.5) is 342 Å². The van der Waals surface area contributed by atoms with Crippen LogP contribution in [0.25, 0.3) is 0 Å². The Morgan fingerprint density at radius 2 is 0.155 bits per heavy atom. The molecule has 0 aliphatic rings. The van der Waals surface area contributed by atoms with Gasteiger partial charge in [-0.1, -0.05) is 0 Å². The summed E-state index contributed by atoms with van der Waals surface area (Å²) in [6.07, 6.45) is -72.2. The fourth-order valence-electron chi connectivity index (χ4n) is 8.51. The summed E-state index contributed by atoms with van der Waals surface area (Å²) in [6, 6.07) is 0. The van der Waals surface area contributed by atoms with E-state index in [-0.39, 0.29) is 5.48 Å². The summed E-state index contributed by atoms with van der Waals surface area (Å²) < 4.78 is 1030. The predicted molar refractivity (Wildman–Crippen MR) is 256 cm³/mol. The molecule has 0 unspecified atom stereocenters.